The van der Waals surface area contributed by atoms with Crippen LogP contribution in [0.4, 0.5) is 0 Å². The minimum Gasteiger partial charge on any atom is -0.494 e. The molecule has 2 rings (SSSR count). The van der Waals surface area contributed by atoms with Gasteiger partial charge in [0.05, 0.1) is 22.7 Å². The van der Waals surface area contributed by atoms with E-state index < -0.39 is 0 Å². The van der Waals surface area contributed by atoms with Gasteiger partial charge >= 0.3 is 0 Å². The predicted octanol–water partition coefficient (Wildman–Crippen LogP) is 2.68. The molecule has 16 heavy (non-hydrogen) atoms. The number of methoxy groups -OCH3 is 1. The van der Waals surface area contributed by atoms with Gasteiger partial charge in [0, 0.05) is 6.54 Å². The van der Waals surface area contributed by atoms with Crippen LogP contribution < -0.4 is 10.1 Å². The summed E-state index contributed by atoms with van der Waals surface area (Å²) in [6, 6.07) is 1.76. The van der Waals surface area contributed by atoms with Crippen LogP contribution in [0.5, 0.6) is 5.75 Å². The van der Waals surface area contributed by atoms with Gasteiger partial charge in [0.25, 0.3) is 5.91 Å². The Morgan fingerprint density at radius 2 is 2.19 bits per heavy atom. The van der Waals surface area contributed by atoms with Crippen molar-refractivity contribution in [2.24, 2.45) is 0 Å². The zero-order valence-electron chi connectivity index (χ0n) is 8.77. The lowest BCUT2D eigenvalue weighted by Gasteiger charge is -2.12. The first-order valence-electron chi connectivity index (χ1n) is 4.98. The molecule has 0 saturated heterocycles. The van der Waals surface area contributed by atoms with Crippen molar-refractivity contribution in [2.75, 3.05) is 13.7 Å². The Hall–Kier alpha value is -0.930. The van der Waals surface area contributed by atoms with E-state index in [0.29, 0.717) is 27.9 Å². The van der Waals surface area contributed by atoms with Crippen LogP contribution in [0.2, 0.25) is 10.0 Å². The van der Waals surface area contributed by atoms with Crippen LogP contribution in [-0.4, -0.2) is 19.6 Å². The summed E-state index contributed by atoms with van der Waals surface area (Å²) in [5.74, 6) is 0.201. The molecule has 0 radical (unpaired) electrons. The van der Waals surface area contributed by atoms with Gasteiger partial charge in [-0.2, -0.15) is 0 Å². The predicted molar refractivity (Wildman–Crippen MR) is 63.7 cm³/mol. The highest BCUT2D eigenvalue weighted by atomic mass is 35.5. The largest absolute Gasteiger partial charge is 0.494 e. The van der Waals surface area contributed by atoms with Crippen molar-refractivity contribution in [1.82, 2.24) is 5.32 Å². The van der Waals surface area contributed by atoms with Crippen molar-refractivity contribution in [3.63, 3.8) is 0 Å². The number of hydrogen-bond acceptors (Lipinski definition) is 2. The first kappa shape index (κ1) is 11.6. The van der Waals surface area contributed by atoms with E-state index in [0.717, 1.165) is 18.4 Å². The lowest BCUT2D eigenvalue weighted by molar-refractivity contribution is 0.0956. The molecule has 1 aliphatic rings. The number of hydrogen-bond donors (Lipinski definition) is 1. The second-order valence-corrected chi connectivity index (χ2v) is 4.38. The quantitative estimate of drug-likeness (QED) is 0.843. The first-order valence-corrected chi connectivity index (χ1v) is 5.73. The fourth-order valence-corrected chi connectivity index (χ4v) is 2.59. The lowest BCUT2D eigenvalue weighted by atomic mass is 10.0. The second kappa shape index (κ2) is 4.52. The Morgan fingerprint density at radius 1 is 1.44 bits per heavy atom. The number of fused-ring (bicyclic) bond motifs is 1. The van der Waals surface area contributed by atoms with Gasteiger partial charge in [-0.3, -0.25) is 4.79 Å². The molecule has 0 bridgehead atoms. The Morgan fingerprint density at radius 3 is 2.88 bits per heavy atom. The standard InChI is InChI=1S/C11H11Cl2NO2/c1-16-10-7(12)5-6-3-2-4-14-11(15)8(6)9(10)13/h5H,2-4H2,1H3,(H,14,15). The van der Waals surface area contributed by atoms with Crippen molar-refractivity contribution in [2.45, 2.75) is 12.8 Å². The first-order chi connectivity index (χ1) is 7.65. The number of nitrogens with one attached hydrogen (secondary N) is 1. The van der Waals surface area contributed by atoms with Crippen LogP contribution >= 0.6 is 23.2 Å². The maximum absolute atomic E-state index is 11.8. The van der Waals surface area contributed by atoms with E-state index in [-0.39, 0.29) is 5.91 Å². The SMILES string of the molecule is COc1c(Cl)cc2c(c1Cl)C(=O)NCCC2. The Labute approximate surface area is 104 Å². The number of aryl methyl sites for hydroxylation is 1. The molecule has 1 aromatic rings. The monoisotopic (exact) mass is 259 g/mol. The van der Waals surface area contributed by atoms with Crippen molar-refractivity contribution in [1.29, 1.82) is 0 Å². The van der Waals surface area contributed by atoms with E-state index in [1.165, 1.54) is 7.11 Å². The average Bonchev–Trinajstić information content (AvgIpc) is 2.41. The number of ether oxygens (including phenoxy) is 1. The third-order valence-electron chi connectivity index (χ3n) is 2.60. The Bertz CT molecular complexity index is 446. The fraction of sp³-hybridized carbons (Fsp3) is 0.364. The summed E-state index contributed by atoms with van der Waals surface area (Å²) < 4.78 is 5.09. The molecule has 0 atom stereocenters. The molecule has 3 nitrogen and oxygen atoms in total. The Kier molecular flexibility index (Phi) is 3.26. The highest BCUT2D eigenvalue weighted by Crippen LogP contribution is 2.38. The van der Waals surface area contributed by atoms with Gasteiger partial charge in [0.2, 0.25) is 0 Å². The van der Waals surface area contributed by atoms with Crippen molar-refractivity contribution < 1.29 is 9.53 Å². The topological polar surface area (TPSA) is 38.3 Å². The van der Waals surface area contributed by atoms with Crippen LogP contribution in [-0.2, 0) is 6.42 Å². The molecule has 0 aromatic heterocycles. The molecule has 1 N–H and O–H groups in total. The minimum atomic E-state index is -0.160. The average molecular weight is 260 g/mol. The summed E-state index contributed by atoms with van der Waals surface area (Å²) in [5.41, 5.74) is 1.37. The van der Waals surface area contributed by atoms with Crippen molar-refractivity contribution in [3.8, 4) is 5.75 Å². The number of amides is 1. The Balaban J connectivity index is 2.65. The van der Waals surface area contributed by atoms with E-state index in [1.807, 2.05) is 0 Å². The summed E-state index contributed by atoms with van der Waals surface area (Å²) in [7, 11) is 1.48. The number of rotatable bonds is 1. The van der Waals surface area contributed by atoms with E-state index in [4.69, 9.17) is 27.9 Å². The second-order valence-electron chi connectivity index (χ2n) is 3.60. The zero-order valence-corrected chi connectivity index (χ0v) is 10.3. The number of halogens is 2. The van der Waals surface area contributed by atoms with E-state index >= 15 is 0 Å². The highest BCUT2D eigenvalue weighted by molar-refractivity contribution is 6.39. The molecule has 0 aliphatic carbocycles. The molecule has 0 saturated carbocycles. The van der Waals surface area contributed by atoms with Crippen LogP contribution in [0.15, 0.2) is 6.07 Å². The van der Waals surface area contributed by atoms with Crippen molar-refractivity contribution >= 4 is 29.1 Å². The maximum Gasteiger partial charge on any atom is 0.253 e. The number of benzene rings is 1. The number of carbonyl (C=O) groups excluding carboxylic acids is 1. The van der Waals surface area contributed by atoms with E-state index in [9.17, 15) is 4.79 Å². The molecular weight excluding hydrogens is 249 g/mol. The molecule has 1 amide bonds. The van der Waals surface area contributed by atoms with Gasteiger partial charge in [-0.05, 0) is 24.5 Å². The molecule has 1 aromatic carbocycles. The maximum atomic E-state index is 11.8. The van der Waals surface area contributed by atoms with Gasteiger partial charge in [0.15, 0.2) is 5.75 Å². The molecule has 1 heterocycles. The number of carbonyl (C=O) groups is 1. The summed E-state index contributed by atoms with van der Waals surface area (Å²) in [6.07, 6.45) is 1.68. The van der Waals surface area contributed by atoms with Crippen LogP contribution in [0.3, 0.4) is 0 Å². The van der Waals surface area contributed by atoms with Crippen LogP contribution in [0.1, 0.15) is 22.3 Å². The van der Waals surface area contributed by atoms with E-state index in [2.05, 4.69) is 5.32 Å². The molecule has 5 heteroatoms. The molecular formula is C11H11Cl2NO2. The summed E-state index contributed by atoms with van der Waals surface area (Å²) in [5, 5.41) is 3.53. The van der Waals surface area contributed by atoms with Crippen molar-refractivity contribution in [3.05, 3.63) is 27.2 Å². The van der Waals surface area contributed by atoms with E-state index in [1.54, 1.807) is 6.07 Å². The molecule has 1 aliphatic heterocycles. The minimum absolute atomic E-state index is 0.160. The fourth-order valence-electron chi connectivity index (χ4n) is 1.85. The molecule has 0 fully saturated rings. The third kappa shape index (κ3) is 1.85. The summed E-state index contributed by atoms with van der Waals surface area (Å²) in [4.78, 5) is 11.8. The molecule has 0 spiro atoms. The normalized spacial score (nSPS) is 15.1. The molecule has 86 valence electrons. The summed E-state index contributed by atoms with van der Waals surface area (Å²) >= 11 is 12.2. The smallest absolute Gasteiger partial charge is 0.253 e. The van der Waals surface area contributed by atoms with Gasteiger partial charge < -0.3 is 10.1 Å². The zero-order chi connectivity index (χ0) is 11.7. The lowest BCUT2D eigenvalue weighted by Crippen LogP contribution is -2.23. The van der Waals surface area contributed by atoms with Crippen LogP contribution in [0, 0.1) is 0 Å². The van der Waals surface area contributed by atoms with Crippen LogP contribution in [0.25, 0.3) is 0 Å². The van der Waals surface area contributed by atoms with Gasteiger partial charge in [0.1, 0.15) is 0 Å². The van der Waals surface area contributed by atoms with Gasteiger partial charge in [-0.25, -0.2) is 0 Å². The summed E-state index contributed by atoms with van der Waals surface area (Å²) in [6.45, 7) is 0.657. The third-order valence-corrected chi connectivity index (χ3v) is 3.24. The molecule has 0 unspecified atom stereocenters. The van der Waals surface area contributed by atoms with Gasteiger partial charge in [-0.15, -0.1) is 0 Å². The highest BCUT2D eigenvalue weighted by Gasteiger charge is 2.23. The van der Waals surface area contributed by atoms with Gasteiger partial charge in [-0.1, -0.05) is 23.2 Å².